The minimum Gasteiger partial charge on any atom is -0.311 e. The third-order valence-electron chi connectivity index (χ3n) is 2.57. The van der Waals surface area contributed by atoms with Gasteiger partial charge >= 0.3 is 7.67 Å². The van der Waals surface area contributed by atoms with E-state index >= 15 is 0 Å². The van der Waals surface area contributed by atoms with E-state index in [1.807, 2.05) is 30.3 Å². The van der Waals surface area contributed by atoms with Gasteiger partial charge in [-0.3, -0.25) is 0 Å². The summed E-state index contributed by atoms with van der Waals surface area (Å²) >= 11 is 11.3. The lowest BCUT2D eigenvalue weighted by molar-refractivity contribution is 0.279. The molecule has 20 heavy (non-hydrogen) atoms. The quantitative estimate of drug-likeness (QED) is 0.342. The molecule has 5 nitrogen and oxygen atoms in total. The van der Waals surface area contributed by atoms with Gasteiger partial charge in [0, 0.05) is 24.8 Å². The van der Waals surface area contributed by atoms with Crippen LogP contribution in [0.4, 0.5) is 0 Å². The summed E-state index contributed by atoms with van der Waals surface area (Å²) in [5.74, 6) is 0.561. The zero-order valence-corrected chi connectivity index (χ0v) is 13.6. The smallest absolute Gasteiger partial charge is 0.311 e. The number of nitrogens with two attached hydrogens (primary N) is 1. The van der Waals surface area contributed by atoms with E-state index in [-0.39, 0.29) is 11.8 Å². The van der Waals surface area contributed by atoms with Crippen molar-refractivity contribution in [1.29, 1.82) is 0 Å². The van der Waals surface area contributed by atoms with E-state index in [0.29, 0.717) is 18.8 Å². The van der Waals surface area contributed by atoms with Crippen molar-refractivity contribution in [2.75, 3.05) is 24.8 Å². The van der Waals surface area contributed by atoms with Crippen LogP contribution in [0.15, 0.2) is 35.5 Å². The van der Waals surface area contributed by atoms with Crippen LogP contribution in [0.2, 0.25) is 0 Å². The molecule has 1 atom stereocenters. The van der Waals surface area contributed by atoms with Gasteiger partial charge in [-0.1, -0.05) is 35.5 Å². The van der Waals surface area contributed by atoms with Crippen LogP contribution in [0.5, 0.6) is 0 Å². The molecule has 1 aromatic rings. The standard InChI is InChI=1S/C12H18Cl2N3O2P/c1-11(12-5-3-2-4-6-12)16-19-20(15,18)17(9-7-13)10-8-14/h2-6H,7-10H2,1H3,(H2,15,18)/b16-11-. The number of rotatable bonds is 8. The van der Waals surface area contributed by atoms with E-state index in [1.54, 1.807) is 6.92 Å². The van der Waals surface area contributed by atoms with Gasteiger partial charge in [-0.2, -0.15) is 0 Å². The lowest BCUT2D eigenvalue weighted by atomic mass is 10.1. The predicted octanol–water partition coefficient (Wildman–Crippen LogP) is 3.27. The topological polar surface area (TPSA) is 67.9 Å². The van der Waals surface area contributed by atoms with E-state index in [4.69, 9.17) is 33.3 Å². The van der Waals surface area contributed by atoms with Gasteiger partial charge < -0.3 is 4.62 Å². The highest BCUT2D eigenvalue weighted by atomic mass is 35.5. The fourth-order valence-electron chi connectivity index (χ4n) is 1.49. The molecular formula is C12H18Cl2N3O2P. The summed E-state index contributed by atoms with van der Waals surface area (Å²) < 4.78 is 18.7. The van der Waals surface area contributed by atoms with Crippen LogP contribution in [0.25, 0.3) is 0 Å². The molecule has 0 aliphatic rings. The van der Waals surface area contributed by atoms with Gasteiger partial charge in [0.15, 0.2) is 0 Å². The number of halogens is 2. The van der Waals surface area contributed by atoms with Crippen molar-refractivity contribution < 1.29 is 9.19 Å². The zero-order valence-electron chi connectivity index (χ0n) is 11.2. The Balaban J connectivity index is 2.77. The van der Waals surface area contributed by atoms with Crippen molar-refractivity contribution >= 4 is 36.6 Å². The normalized spacial score (nSPS) is 15.2. The highest BCUT2D eigenvalue weighted by molar-refractivity contribution is 7.53. The first-order valence-electron chi connectivity index (χ1n) is 6.06. The third-order valence-corrected chi connectivity index (χ3v) is 4.41. The van der Waals surface area contributed by atoms with E-state index in [9.17, 15) is 4.57 Å². The van der Waals surface area contributed by atoms with Gasteiger partial charge in [-0.15, -0.1) is 23.2 Å². The fourth-order valence-corrected chi connectivity index (χ4v) is 3.23. The Morgan fingerprint density at radius 3 is 2.35 bits per heavy atom. The molecule has 1 unspecified atom stereocenters. The minimum absolute atomic E-state index is 0.281. The van der Waals surface area contributed by atoms with Gasteiger partial charge in [0.25, 0.3) is 0 Å². The molecule has 0 radical (unpaired) electrons. The van der Waals surface area contributed by atoms with Crippen LogP contribution in [-0.4, -0.2) is 35.2 Å². The van der Waals surface area contributed by atoms with Crippen molar-refractivity contribution in [3.05, 3.63) is 35.9 Å². The summed E-state index contributed by atoms with van der Waals surface area (Å²) in [6.45, 7) is 2.40. The van der Waals surface area contributed by atoms with Gasteiger partial charge in [0.05, 0.1) is 5.71 Å². The van der Waals surface area contributed by atoms with Gasteiger partial charge in [0.1, 0.15) is 0 Å². The Hall–Kier alpha value is -0.580. The third kappa shape index (κ3) is 5.43. The molecule has 112 valence electrons. The Labute approximate surface area is 129 Å². The van der Waals surface area contributed by atoms with Crippen LogP contribution in [-0.2, 0) is 9.19 Å². The second kappa shape index (κ2) is 8.65. The van der Waals surface area contributed by atoms with Crippen molar-refractivity contribution in [3.63, 3.8) is 0 Å². The molecule has 0 aliphatic heterocycles. The monoisotopic (exact) mass is 337 g/mol. The summed E-state index contributed by atoms with van der Waals surface area (Å²) in [5.41, 5.74) is 7.15. The first-order valence-corrected chi connectivity index (χ1v) is 8.77. The minimum atomic E-state index is -3.53. The van der Waals surface area contributed by atoms with E-state index in [0.717, 1.165) is 5.56 Å². The number of benzene rings is 1. The van der Waals surface area contributed by atoms with Crippen molar-refractivity contribution in [3.8, 4) is 0 Å². The van der Waals surface area contributed by atoms with Crippen molar-refractivity contribution in [1.82, 2.24) is 4.67 Å². The zero-order chi connectivity index (χ0) is 15.0. The summed E-state index contributed by atoms with van der Waals surface area (Å²) in [6.07, 6.45) is 0. The molecule has 0 bridgehead atoms. The van der Waals surface area contributed by atoms with E-state index < -0.39 is 7.67 Å². The van der Waals surface area contributed by atoms with Crippen molar-refractivity contribution in [2.45, 2.75) is 6.92 Å². The average Bonchev–Trinajstić information content (AvgIpc) is 2.45. The van der Waals surface area contributed by atoms with Gasteiger partial charge in [-0.05, 0) is 12.5 Å². The molecule has 0 aromatic heterocycles. The molecule has 0 spiro atoms. The van der Waals surface area contributed by atoms with Crippen LogP contribution in [0.3, 0.4) is 0 Å². The first kappa shape index (κ1) is 17.5. The molecule has 0 fully saturated rings. The number of hydrogen-bond donors (Lipinski definition) is 1. The molecule has 0 aliphatic carbocycles. The second-order valence-corrected chi connectivity index (χ2v) is 6.63. The maximum absolute atomic E-state index is 12.3. The Morgan fingerprint density at radius 1 is 1.30 bits per heavy atom. The molecular weight excluding hydrogens is 320 g/mol. The highest BCUT2D eigenvalue weighted by Crippen LogP contribution is 2.42. The Kier molecular flexibility index (Phi) is 7.56. The molecule has 0 saturated heterocycles. The van der Waals surface area contributed by atoms with Crippen LogP contribution in [0.1, 0.15) is 12.5 Å². The summed E-state index contributed by atoms with van der Waals surface area (Å²) in [4.78, 5) is 0. The largest absolute Gasteiger partial charge is 0.411 e. The number of nitrogens with zero attached hydrogens (tertiary/aromatic N) is 2. The molecule has 2 N–H and O–H groups in total. The average molecular weight is 338 g/mol. The lowest BCUT2D eigenvalue weighted by Gasteiger charge is -2.24. The molecule has 1 rings (SSSR count). The number of hydrogen-bond acceptors (Lipinski definition) is 3. The lowest BCUT2D eigenvalue weighted by Crippen LogP contribution is -2.29. The number of oxime groups is 1. The second-order valence-electron chi connectivity index (χ2n) is 4.02. The van der Waals surface area contributed by atoms with Gasteiger partial charge in [0.2, 0.25) is 0 Å². The van der Waals surface area contributed by atoms with E-state index in [2.05, 4.69) is 5.16 Å². The summed E-state index contributed by atoms with van der Waals surface area (Å²) in [5, 5.41) is 3.85. The summed E-state index contributed by atoms with van der Waals surface area (Å²) in [7, 11) is -3.53. The van der Waals surface area contributed by atoms with Crippen LogP contribution >= 0.6 is 30.9 Å². The SMILES string of the molecule is C/C(=N/OP(N)(=O)N(CCCl)CCCl)c1ccccc1. The van der Waals surface area contributed by atoms with Crippen molar-refractivity contribution in [2.24, 2.45) is 10.7 Å². The fraction of sp³-hybridized carbons (Fsp3) is 0.417. The molecule has 0 saturated carbocycles. The predicted molar refractivity (Wildman–Crippen MR) is 84.5 cm³/mol. The highest BCUT2D eigenvalue weighted by Gasteiger charge is 2.28. The van der Waals surface area contributed by atoms with Crippen LogP contribution < -0.4 is 5.50 Å². The van der Waals surface area contributed by atoms with Gasteiger partial charge in [-0.25, -0.2) is 14.7 Å². The summed E-state index contributed by atoms with van der Waals surface area (Å²) in [6, 6.07) is 9.40. The Morgan fingerprint density at radius 2 is 1.85 bits per heavy atom. The molecule has 1 aromatic carbocycles. The molecule has 8 heteroatoms. The van der Waals surface area contributed by atoms with E-state index in [1.165, 1.54) is 4.67 Å². The maximum Gasteiger partial charge on any atom is 0.411 e. The first-order chi connectivity index (χ1) is 9.51. The van der Waals surface area contributed by atoms with Crippen LogP contribution in [0, 0.1) is 0 Å². The maximum atomic E-state index is 12.3. The number of alkyl halides is 2. The Bertz CT molecular complexity index is 479. The molecule has 0 heterocycles. The molecule has 0 amide bonds.